The molecule has 3 heterocycles. The quantitative estimate of drug-likeness (QED) is 0.619. The van der Waals surface area contributed by atoms with Crippen LogP contribution in [0.15, 0.2) is 60.0 Å². The first-order chi connectivity index (χ1) is 13.7. The number of aromatic nitrogens is 4. The molecule has 0 aliphatic carbocycles. The maximum Gasteiger partial charge on any atom is 0.233 e. The van der Waals surface area contributed by atoms with E-state index in [9.17, 15) is 4.79 Å². The van der Waals surface area contributed by atoms with E-state index in [1.165, 1.54) is 18.2 Å². The van der Waals surface area contributed by atoms with E-state index < -0.39 is 0 Å². The monoisotopic (exact) mass is 393 g/mol. The standard InChI is InChI=1S/C21H23N5OS/c1-16-7-6-12-25(14-16)19(27)15-28-21-24-23-20(17-8-5-11-22-13-17)26(21)18-9-3-2-4-10-18/h2-5,8-11,13,16H,6-7,12,14-15H2,1H3/t16-/m1/s1. The molecule has 1 amide bonds. The number of pyridine rings is 1. The first kappa shape index (κ1) is 18.7. The summed E-state index contributed by atoms with van der Waals surface area (Å²) in [6, 6.07) is 13.8. The molecular weight excluding hydrogens is 370 g/mol. The highest BCUT2D eigenvalue weighted by atomic mass is 32.2. The second-order valence-corrected chi connectivity index (χ2v) is 8.04. The first-order valence-electron chi connectivity index (χ1n) is 9.54. The van der Waals surface area contributed by atoms with Crippen LogP contribution in [0.2, 0.25) is 0 Å². The van der Waals surface area contributed by atoms with Gasteiger partial charge in [0.05, 0.1) is 5.75 Å². The van der Waals surface area contributed by atoms with Crippen LogP contribution in [-0.2, 0) is 4.79 Å². The highest BCUT2D eigenvalue weighted by Crippen LogP contribution is 2.28. The van der Waals surface area contributed by atoms with Gasteiger partial charge in [0.2, 0.25) is 5.91 Å². The highest BCUT2D eigenvalue weighted by molar-refractivity contribution is 7.99. The number of piperidine rings is 1. The fourth-order valence-corrected chi connectivity index (χ4v) is 4.34. The van der Waals surface area contributed by atoms with Crippen LogP contribution in [0.5, 0.6) is 0 Å². The van der Waals surface area contributed by atoms with Crippen molar-refractivity contribution in [3.63, 3.8) is 0 Å². The number of amides is 1. The van der Waals surface area contributed by atoms with E-state index in [0.29, 0.717) is 16.8 Å². The average Bonchev–Trinajstić information content (AvgIpc) is 3.17. The molecule has 1 saturated heterocycles. The number of carbonyl (C=O) groups is 1. The van der Waals surface area contributed by atoms with Crippen molar-refractivity contribution in [3.05, 3.63) is 54.9 Å². The topological polar surface area (TPSA) is 63.9 Å². The normalized spacial score (nSPS) is 16.9. The summed E-state index contributed by atoms with van der Waals surface area (Å²) in [5, 5.41) is 9.48. The van der Waals surface area contributed by atoms with Crippen molar-refractivity contribution >= 4 is 17.7 Å². The molecule has 1 aliphatic rings. The van der Waals surface area contributed by atoms with Gasteiger partial charge in [-0.1, -0.05) is 36.9 Å². The van der Waals surface area contributed by atoms with Gasteiger partial charge in [-0.3, -0.25) is 14.3 Å². The van der Waals surface area contributed by atoms with Gasteiger partial charge in [0.25, 0.3) is 0 Å². The second kappa shape index (κ2) is 8.56. The molecule has 2 aromatic heterocycles. The largest absolute Gasteiger partial charge is 0.342 e. The number of rotatable bonds is 5. The van der Waals surface area contributed by atoms with Crippen LogP contribution in [0.4, 0.5) is 0 Å². The minimum absolute atomic E-state index is 0.169. The van der Waals surface area contributed by atoms with Gasteiger partial charge in [-0.05, 0) is 43.0 Å². The molecule has 6 nitrogen and oxygen atoms in total. The van der Waals surface area contributed by atoms with Gasteiger partial charge in [0, 0.05) is 36.7 Å². The average molecular weight is 394 g/mol. The molecule has 4 rings (SSSR count). The number of hydrogen-bond donors (Lipinski definition) is 0. The molecule has 1 fully saturated rings. The number of nitrogens with zero attached hydrogens (tertiary/aromatic N) is 5. The lowest BCUT2D eigenvalue weighted by Crippen LogP contribution is -2.40. The fourth-order valence-electron chi connectivity index (χ4n) is 3.49. The zero-order chi connectivity index (χ0) is 19.3. The Kier molecular flexibility index (Phi) is 5.71. The molecule has 7 heteroatoms. The summed E-state index contributed by atoms with van der Waals surface area (Å²) in [5.74, 6) is 1.83. The lowest BCUT2D eigenvalue weighted by atomic mass is 10.0. The van der Waals surface area contributed by atoms with Crippen molar-refractivity contribution in [1.82, 2.24) is 24.6 Å². The maximum atomic E-state index is 12.7. The van der Waals surface area contributed by atoms with Gasteiger partial charge in [-0.15, -0.1) is 10.2 Å². The Morgan fingerprint density at radius 3 is 2.79 bits per heavy atom. The third kappa shape index (κ3) is 4.09. The van der Waals surface area contributed by atoms with E-state index >= 15 is 0 Å². The van der Waals surface area contributed by atoms with Gasteiger partial charge in [0.15, 0.2) is 11.0 Å². The van der Waals surface area contributed by atoms with Gasteiger partial charge >= 0.3 is 0 Å². The number of hydrogen-bond acceptors (Lipinski definition) is 5. The number of likely N-dealkylation sites (tertiary alicyclic amines) is 1. The lowest BCUT2D eigenvalue weighted by Gasteiger charge is -2.30. The summed E-state index contributed by atoms with van der Waals surface area (Å²) >= 11 is 1.44. The SMILES string of the molecule is C[C@@H]1CCCN(C(=O)CSc2nnc(-c3cccnc3)n2-c2ccccc2)C1. The van der Waals surface area contributed by atoms with Crippen LogP contribution >= 0.6 is 11.8 Å². The van der Waals surface area contributed by atoms with Crippen LogP contribution in [0.1, 0.15) is 19.8 Å². The molecule has 28 heavy (non-hydrogen) atoms. The molecule has 1 aliphatic heterocycles. The summed E-state index contributed by atoms with van der Waals surface area (Å²) in [5.41, 5.74) is 1.86. The third-order valence-electron chi connectivity index (χ3n) is 4.90. The Labute approximate surface area is 169 Å². The van der Waals surface area contributed by atoms with Gasteiger partial charge in [0.1, 0.15) is 0 Å². The van der Waals surface area contributed by atoms with Gasteiger partial charge < -0.3 is 4.90 Å². The lowest BCUT2D eigenvalue weighted by molar-refractivity contribution is -0.130. The third-order valence-corrected chi connectivity index (χ3v) is 5.82. The van der Waals surface area contributed by atoms with Crippen LogP contribution in [0, 0.1) is 5.92 Å². The Hall–Kier alpha value is -2.67. The molecule has 144 valence electrons. The van der Waals surface area contributed by atoms with Gasteiger partial charge in [-0.25, -0.2) is 0 Å². The molecule has 0 unspecified atom stereocenters. The van der Waals surface area contributed by atoms with E-state index in [-0.39, 0.29) is 5.91 Å². The molecule has 0 radical (unpaired) electrons. The van der Waals surface area contributed by atoms with E-state index in [1.807, 2.05) is 51.9 Å². The van der Waals surface area contributed by atoms with Crippen molar-refractivity contribution < 1.29 is 4.79 Å². The summed E-state index contributed by atoms with van der Waals surface area (Å²) in [6.45, 7) is 3.92. The Morgan fingerprint density at radius 1 is 1.18 bits per heavy atom. The van der Waals surface area contributed by atoms with E-state index in [2.05, 4.69) is 22.1 Å². The smallest absolute Gasteiger partial charge is 0.233 e. The van der Waals surface area contributed by atoms with Crippen molar-refractivity contribution in [1.29, 1.82) is 0 Å². The van der Waals surface area contributed by atoms with Crippen molar-refractivity contribution in [2.45, 2.75) is 24.9 Å². The molecule has 3 aromatic rings. The maximum absolute atomic E-state index is 12.7. The summed E-state index contributed by atoms with van der Waals surface area (Å²) in [6.07, 6.45) is 5.80. The second-order valence-electron chi connectivity index (χ2n) is 7.09. The number of para-hydroxylation sites is 1. The van der Waals surface area contributed by atoms with E-state index in [4.69, 9.17) is 0 Å². The summed E-state index contributed by atoms with van der Waals surface area (Å²) < 4.78 is 1.99. The van der Waals surface area contributed by atoms with Crippen molar-refractivity contribution in [3.8, 4) is 17.1 Å². The predicted molar refractivity (Wildman–Crippen MR) is 110 cm³/mol. The molecule has 0 spiro atoms. The summed E-state index contributed by atoms with van der Waals surface area (Å²) in [7, 11) is 0. The van der Waals surface area contributed by atoms with Crippen LogP contribution < -0.4 is 0 Å². The van der Waals surface area contributed by atoms with Gasteiger partial charge in [-0.2, -0.15) is 0 Å². The molecular formula is C21H23N5OS. The van der Waals surface area contributed by atoms with E-state index in [1.54, 1.807) is 12.4 Å². The van der Waals surface area contributed by atoms with Crippen LogP contribution in [0.3, 0.4) is 0 Å². The zero-order valence-corrected chi connectivity index (χ0v) is 16.7. The summed E-state index contributed by atoms with van der Waals surface area (Å²) in [4.78, 5) is 18.9. The number of thioether (sulfide) groups is 1. The minimum Gasteiger partial charge on any atom is -0.342 e. The molecule has 1 aromatic carbocycles. The Balaban J connectivity index is 1.59. The number of benzene rings is 1. The van der Waals surface area contributed by atoms with Crippen molar-refractivity contribution in [2.24, 2.45) is 5.92 Å². The van der Waals surface area contributed by atoms with Crippen molar-refractivity contribution in [2.75, 3.05) is 18.8 Å². The molecule has 0 saturated carbocycles. The zero-order valence-electron chi connectivity index (χ0n) is 15.9. The fraction of sp³-hybridized carbons (Fsp3) is 0.333. The Morgan fingerprint density at radius 2 is 2.04 bits per heavy atom. The number of carbonyl (C=O) groups excluding carboxylic acids is 1. The van der Waals surface area contributed by atoms with E-state index in [0.717, 1.165) is 36.6 Å². The first-order valence-corrected chi connectivity index (χ1v) is 10.5. The predicted octanol–water partition coefficient (Wildman–Crippen LogP) is 3.68. The molecule has 0 N–H and O–H groups in total. The van der Waals surface area contributed by atoms with Crippen LogP contribution in [-0.4, -0.2) is 49.4 Å². The highest BCUT2D eigenvalue weighted by Gasteiger charge is 2.22. The van der Waals surface area contributed by atoms with Crippen LogP contribution in [0.25, 0.3) is 17.1 Å². The molecule has 1 atom stereocenters. The Bertz CT molecular complexity index is 928. The minimum atomic E-state index is 0.169. The molecule has 0 bridgehead atoms.